The molecule has 0 bridgehead atoms. The minimum atomic E-state index is 0.207. The summed E-state index contributed by atoms with van der Waals surface area (Å²) >= 11 is 1.76. The van der Waals surface area contributed by atoms with Crippen LogP contribution in [0.15, 0.2) is 18.2 Å². The zero-order valence-corrected chi connectivity index (χ0v) is 20.1. The van der Waals surface area contributed by atoms with Gasteiger partial charge in [0.25, 0.3) is 5.91 Å². The van der Waals surface area contributed by atoms with Gasteiger partial charge in [0.05, 0.1) is 5.52 Å². The fourth-order valence-corrected chi connectivity index (χ4v) is 6.58. The van der Waals surface area contributed by atoms with Crippen molar-refractivity contribution in [2.45, 2.75) is 64.5 Å². The number of hydrogen-bond acceptors (Lipinski definition) is 4. The Kier molecular flexibility index (Phi) is 6.06. The van der Waals surface area contributed by atoms with Crippen LogP contribution in [0.25, 0.3) is 10.9 Å². The average Bonchev–Trinajstić information content (AvgIpc) is 3.40. The minimum absolute atomic E-state index is 0.207. The van der Waals surface area contributed by atoms with Gasteiger partial charge in [-0.05, 0) is 69.5 Å². The van der Waals surface area contributed by atoms with E-state index in [0.717, 1.165) is 63.0 Å². The van der Waals surface area contributed by atoms with E-state index in [2.05, 4.69) is 57.3 Å². The maximum absolute atomic E-state index is 13.3. The predicted octanol–water partition coefficient (Wildman–Crippen LogP) is 4.79. The van der Waals surface area contributed by atoms with Crippen molar-refractivity contribution in [1.29, 1.82) is 0 Å². The number of rotatable bonds is 4. The maximum Gasteiger partial charge on any atom is 0.253 e. The molecular weight excluding hydrogens is 404 g/mol. The zero-order valence-electron chi connectivity index (χ0n) is 19.3. The summed E-state index contributed by atoms with van der Waals surface area (Å²) in [7, 11) is 4.21. The van der Waals surface area contributed by atoms with Crippen molar-refractivity contribution in [2.24, 2.45) is 5.92 Å². The molecule has 6 heteroatoms. The number of benzene rings is 1. The Morgan fingerprint density at radius 1 is 1.06 bits per heavy atom. The van der Waals surface area contributed by atoms with E-state index in [4.69, 9.17) is 0 Å². The first-order valence-corrected chi connectivity index (χ1v) is 12.8. The molecule has 2 aliphatic heterocycles. The third-order valence-electron chi connectivity index (χ3n) is 7.53. The van der Waals surface area contributed by atoms with E-state index in [-0.39, 0.29) is 5.91 Å². The highest BCUT2D eigenvalue weighted by atomic mass is 32.2. The lowest BCUT2D eigenvalue weighted by Gasteiger charge is -2.33. The molecule has 1 saturated heterocycles. The van der Waals surface area contributed by atoms with E-state index in [1.165, 1.54) is 47.8 Å². The molecule has 2 fully saturated rings. The van der Waals surface area contributed by atoms with Gasteiger partial charge in [-0.25, -0.2) is 4.31 Å². The molecule has 0 atom stereocenters. The van der Waals surface area contributed by atoms with Gasteiger partial charge in [0.2, 0.25) is 0 Å². The molecule has 1 saturated carbocycles. The molecule has 0 radical (unpaired) electrons. The fourth-order valence-electron chi connectivity index (χ4n) is 5.70. The maximum atomic E-state index is 13.3. The zero-order chi connectivity index (χ0) is 21.5. The Hall–Kier alpha value is -1.50. The van der Waals surface area contributed by atoms with Crippen LogP contribution < -0.4 is 0 Å². The van der Waals surface area contributed by atoms with E-state index in [1.807, 2.05) is 0 Å². The fraction of sp³-hybridized carbons (Fsp3) is 0.640. The van der Waals surface area contributed by atoms with Crippen LogP contribution in [-0.2, 0) is 13.0 Å². The van der Waals surface area contributed by atoms with Crippen LogP contribution in [0.1, 0.15) is 67.1 Å². The van der Waals surface area contributed by atoms with Crippen molar-refractivity contribution in [3.8, 4) is 0 Å². The first kappa shape index (κ1) is 21.4. The van der Waals surface area contributed by atoms with E-state index < -0.39 is 0 Å². The topological polar surface area (TPSA) is 31.7 Å². The van der Waals surface area contributed by atoms with Gasteiger partial charge in [0.1, 0.15) is 0 Å². The molecule has 0 unspecified atom stereocenters. The Bertz CT molecular complexity index is 954. The van der Waals surface area contributed by atoms with Crippen molar-refractivity contribution in [3.05, 3.63) is 35.0 Å². The summed E-state index contributed by atoms with van der Waals surface area (Å²) in [4.78, 5) is 18.0. The first-order chi connectivity index (χ1) is 15.0. The van der Waals surface area contributed by atoms with Crippen molar-refractivity contribution >= 4 is 28.9 Å². The van der Waals surface area contributed by atoms with Gasteiger partial charge in [-0.1, -0.05) is 19.8 Å². The van der Waals surface area contributed by atoms with Gasteiger partial charge in [-0.2, -0.15) is 0 Å². The number of carbonyl (C=O) groups is 1. The minimum Gasteiger partial charge on any atom is -0.339 e. The predicted molar refractivity (Wildman–Crippen MR) is 129 cm³/mol. The SMILES string of the molecule is CC1CCN(C(=O)c2ccc3c(c2)c2c(n3SN(C)C)CCN(C3CCCC3)C2)CC1. The molecule has 5 nitrogen and oxygen atoms in total. The molecule has 3 aliphatic rings. The second-order valence-electron chi connectivity index (χ2n) is 9.98. The summed E-state index contributed by atoms with van der Waals surface area (Å²) in [6.45, 7) is 6.25. The molecule has 2 aromatic rings. The van der Waals surface area contributed by atoms with Crippen LogP contribution in [0.5, 0.6) is 0 Å². The average molecular weight is 441 g/mol. The summed E-state index contributed by atoms with van der Waals surface area (Å²) in [5.41, 5.74) is 5.00. The normalized spacial score (nSPS) is 21.4. The number of fused-ring (bicyclic) bond motifs is 3. The number of carbonyl (C=O) groups excluding carboxylic acids is 1. The second-order valence-corrected chi connectivity index (χ2v) is 11.2. The Morgan fingerprint density at radius 3 is 2.52 bits per heavy atom. The quantitative estimate of drug-likeness (QED) is 0.640. The van der Waals surface area contributed by atoms with Crippen LogP contribution >= 0.6 is 12.1 Å². The largest absolute Gasteiger partial charge is 0.339 e. The summed E-state index contributed by atoms with van der Waals surface area (Å²) in [5.74, 6) is 0.941. The lowest BCUT2D eigenvalue weighted by molar-refractivity contribution is 0.0697. The molecule has 1 aliphatic carbocycles. The third kappa shape index (κ3) is 4.14. The van der Waals surface area contributed by atoms with Crippen LogP contribution in [0, 0.1) is 5.92 Å². The highest BCUT2D eigenvalue weighted by Gasteiger charge is 2.31. The summed E-state index contributed by atoms with van der Waals surface area (Å²) in [6, 6.07) is 7.17. The summed E-state index contributed by atoms with van der Waals surface area (Å²) in [6.07, 6.45) is 8.77. The van der Waals surface area contributed by atoms with Crippen LogP contribution in [0.3, 0.4) is 0 Å². The number of hydrogen-bond donors (Lipinski definition) is 0. The number of amides is 1. The number of piperidine rings is 1. The standard InChI is InChI=1S/C25H36N4OS/c1-18-10-13-27(14-11-18)25(30)19-8-9-23-21(16-19)22-17-28(20-6-4-5-7-20)15-12-24(22)29(23)31-26(2)3/h8-9,16,18,20H,4-7,10-15,17H2,1-3H3. The van der Waals surface area contributed by atoms with E-state index in [0.29, 0.717) is 0 Å². The molecule has 1 aromatic carbocycles. The number of nitrogens with zero attached hydrogens (tertiary/aromatic N) is 4. The lowest BCUT2D eigenvalue weighted by atomic mass is 9.98. The number of likely N-dealkylation sites (tertiary alicyclic amines) is 1. The molecular formula is C25H36N4OS. The van der Waals surface area contributed by atoms with Crippen molar-refractivity contribution in [1.82, 2.24) is 18.1 Å². The second kappa shape index (κ2) is 8.80. The molecule has 168 valence electrons. The smallest absolute Gasteiger partial charge is 0.253 e. The highest BCUT2D eigenvalue weighted by Crippen LogP contribution is 2.37. The van der Waals surface area contributed by atoms with Gasteiger partial charge in [0, 0.05) is 67.4 Å². The number of aromatic nitrogens is 1. The summed E-state index contributed by atoms with van der Waals surface area (Å²) in [5, 5.41) is 1.28. The van der Waals surface area contributed by atoms with Crippen LogP contribution in [-0.4, -0.2) is 63.8 Å². The molecule has 31 heavy (non-hydrogen) atoms. The van der Waals surface area contributed by atoms with Crippen molar-refractivity contribution in [2.75, 3.05) is 33.7 Å². The Balaban J connectivity index is 1.50. The molecule has 1 aromatic heterocycles. The monoisotopic (exact) mass is 440 g/mol. The van der Waals surface area contributed by atoms with E-state index in [1.54, 1.807) is 12.1 Å². The lowest BCUT2D eigenvalue weighted by Crippen LogP contribution is -2.38. The molecule has 0 N–H and O–H groups in total. The van der Waals surface area contributed by atoms with Gasteiger partial charge in [-0.3, -0.25) is 13.7 Å². The van der Waals surface area contributed by atoms with E-state index in [9.17, 15) is 4.79 Å². The van der Waals surface area contributed by atoms with Gasteiger partial charge in [-0.15, -0.1) is 0 Å². The molecule has 0 spiro atoms. The van der Waals surface area contributed by atoms with Crippen molar-refractivity contribution in [3.63, 3.8) is 0 Å². The molecule has 1 amide bonds. The van der Waals surface area contributed by atoms with Crippen LogP contribution in [0.2, 0.25) is 0 Å². The molecule has 3 heterocycles. The third-order valence-corrected chi connectivity index (χ3v) is 8.44. The Morgan fingerprint density at radius 2 is 1.81 bits per heavy atom. The highest BCUT2D eigenvalue weighted by molar-refractivity contribution is 7.95. The molecule has 5 rings (SSSR count). The summed E-state index contributed by atoms with van der Waals surface area (Å²) < 4.78 is 4.57. The van der Waals surface area contributed by atoms with Crippen molar-refractivity contribution < 1.29 is 4.79 Å². The van der Waals surface area contributed by atoms with Gasteiger partial charge in [0.15, 0.2) is 0 Å². The first-order valence-electron chi connectivity index (χ1n) is 12.1. The van der Waals surface area contributed by atoms with E-state index >= 15 is 0 Å². The van der Waals surface area contributed by atoms with Gasteiger partial charge >= 0.3 is 0 Å². The Labute approximate surface area is 191 Å². The van der Waals surface area contributed by atoms with Crippen LogP contribution in [0.4, 0.5) is 0 Å². The van der Waals surface area contributed by atoms with Gasteiger partial charge < -0.3 is 4.90 Å².